The van der Waals surface area contributed by atoms with Crippen molar-refractivity contribution in [1.82, 2.24) is 0 Å². The van der Waals surface area contributed by atoms with Gasteiger partial charge in [0.2, 0.25) is 5.51 Å². The van der Waals surface area contributed by atoms with E-state index >= 15 is 0 Å². The molecule has 128 valence electrons. The first-order valence-corrected chi connectivity index (χ1v) is 9.25. The van der Waals surface area contributed by atoms with E-state index in [0.29, 0.717) is 12.2 Å². The van der Waals surface area contributed by atoms with E-state index in [1.54, 1.807) is 11.3 Å². The molecule has 0 aliphatic rings. The zero-order valence-corrected chi connectivity index (χ0v) is 15.4. The summed E-state index contributed by atoms with van der Waals surface area (Å²) in [5, 5.41) is 0. The van der Waals surface area contributed by atoms with E-state index in [-0.39, 0.29) is 5.97 Å². The summed E-state index contributed by atoms with van der Waals surface area (Å²) in [7, 11) is 0. The minimum absolute atomic E-state index is 0.258. The average Bonchev–Trinajstić information content (AvgIpc) is 2.96. The Morgan fingerprint density at radius 1 is 1.04 bits per heavy atom. The fourth-order valence-electron chi connectivity index (χ4n) is 2.64. The summed E-state index contributed by atoms with van der Waals surface area (Å²) in [5.74, 6) is -0.258. The van der Waals surface area contributed by atoms with Gasteiger partial charge in [-0.15, -0.1) is 0 Å². The van der Waals surface area contributed by atoms with Crippen LogP contribution in [0.25, 0.3) is 0 Å². The maximum absolute atomic E-state index is 12.1. The van der Waals surface area contributed by atoms with Gasteiger partial charge < -0.3 is 4.74 Å². The Kier molecular flexibility index (Phi) is 5.61. The van der Waals surface area contributed by atoms with E-state index in [9.17, 15) is 4.79 Å². The Balaban J connectivity index is 1.55. The van der Waals surface area contributed by atoms with Gasteiger partial charge in [-0.25, -0.2) is 4.79 Å². The standard InChI is InChI=1S/C21H22NO2S/c1-16-8-10-19(11-9-16)21(23)24-13-12-20-17(2)22(15-25-20)14-18-6-4-3-5-7-18/h3-11,15H,12-14H2,1-2H3/q+1. The highest BCUT2D eigenvalue weighted by molar-refractivity contribution is 7.09. The normalized spacial score (nSPS) is 10.6. The average molecular weight is 352 g/mol. The molecule has 0 saturated carbocycles. The van der Waals surface area contributed by atoms with E-state index in [0.717, 1.165) is 18.5 Å². The number of carbonyl (C=O) groups is 1. The zero-order chi connectivity index (χ0) is 17.6. The zero-order valence-electron chi connectivity index (χ0n) is 14.6. The molecule has 1 heterocycles. The highest BCUT2D eigenvalue weighted by Gasteiger charge is 2.16. The van der Waals surface area contributed by atoms with Gasteiger partial charge >= 0.3 is 5.97 Å². The van der Waals surface area contributed by atoms with Crippen LogP contribution in [0.15, 0.2) is 60.1 Å². The Morgan fingerprint density at radius 2 is 1.76 bits per heavy atom. The van der Waals surface area contributed by atoms with Crippen LogP contribution in [0.2, 0.25) is 0 Å². The van der Waals surface area contributed by atoms with Crippen LogP contribution >= 0.6 is 11.3 Å². The Morgan fingerprint density at radius 3 is 2.48 bits per heavy atom. The highest BCUT2D eigenvalue weighted by atomic mass is 32.1. The molecule has 0 spiro atoms. The number of esters is 1. The molecule has 0 saturated heterocycles. The van der Waals surface area contributed by atoms with Crippen LogP contribution in [0, 0.1) is 13.8 Å². The van der Waals surface area contributed by atoms with Crippen LogP contribution in [0.3, 0.4) is 0 Å². The minimum Gasteiger partial charge on any atom is -0.462 e. The second-order valence-electron chi connectivity index (χ2n) is 6.10. The summed E-state index contributed by atoms with van der Waals surface area (Å²) in [6.45, 7) is 5.39. The quantitative estimate of drug-likeness (QED) is 0.494. The van der Waals surface area contributed by atoms with Crippen molar-refractivity contribution < 1.29 is 14.1 Å². The van der Waals surface area contributed by atoms with Crippen LogP contribution in [0.1, 0.15) is 32.1 Å². The van der Waals surface area contributed by atoms with Crippen LogP contribution < -0.4 is 4.57 Å². The van der Waals surface area contributed by atoms with E-state index < -0.39 is 0 Å². The van der Waals surface area contributed by atoms with Gasteiger partial charge in [0.15, 0.2) is 12.2 Å². The van der Waals surface area contributed by atoms with Gasteiger partial charge in [0.25, 0.3) is 0 Å². The summed E-state index contributed by atoms with van der Waals surface area (Å²) in [4.78, 5) is 13.3. The highest BCUT2D eigenvalue weighted by Crippen LogP contribution is 2.13. The van der Waals surface area contributed by atoms with Crippen LogP contribution in [-0.4, -0.2) is 12.6 Å². The maximum Gasteiger partial charge on any atom is 0.338 e. The molecule has 0 N–H and O–H groups in total. The van der Waals surface area contributed by atoms with Gasteiger partial charge in [-0.2, -0.15) is 4.57 Å². The molecule has 25 heavy (non-hydrogen) atoms. The topological polar surface area (TPSA) is 30.2 Å². The van der Waals surface area contributed by atoms with Crippen molar-refractivity contribution in [3.05, 3.63) is 87.4 Å². The van der Waals surface area contributed by atoms with Gasteiger partial charge in [-0.05, 0) is 19.1 Å². The first-order valence-electron chi connectivity index (χ1n) is 8.37. The molecule has 0 fully saturated rings. The Hall–Kier alpha value is -2.46. The summed E-state index contributed by atoms with van der Waals surface area (Å²) in [5.41, 5.74) is 6.40. The molecular weight excluding hydrogens is 330 g/mol. The first-order chi connectivity index (χ1) is 12.1. The number of rotatable bonds is 6. The van der Waals surface area contributed by atoms with Crippen LogP contribution in [-0.2, 0) is 17.7 Å². The number of benzene rings is 2. The lowest BCUT2D eigenvalue weighted by Gasteiger charge is -2.04. The molecule has 0 aliphatic carbocycles. The van der Waals surface area contributed by atoms with Gasteiger partial charge in [-0.1, -0.05) is 59.4 Å². The minimum atomic E-state index is -0.258. The van der Waals surface area contributed by atoms with Gasteiger partial charge in [0, 0.05) is 18.9 Å². The lowest BCUT2D eigenvalue weighted by Crippen LogP contribution is -2.35. The molecule has 0 aliphatic heterocycles. The maximum atomic E-state index is 12.1. The summed E-state index contributed by atoms with van der Waals surface area (Å²) in [6, 6.07) is 17.9. The van der Waals surface area contributed by atoms with Gasteiger partial charge in [-0.3, -0.25) is 0 Å². The SMILES string of the molecule is Cc1ccc(C(=O)OCCc2sc[n+](Cc3ccccc3)c2C)cc1. The van der Waals surface area contributed by atoms with E-state index in [1.807, 2.05) is 37.3 Å². The fraction of sp³-hybridized carbons (Fsp3) is 0.238. The number of thiazole rings is 1. The molecule has 4 heteroatoms. The van der Waals surface area contributed by atoms with Gasteiger partial charge in [0.1, 0.15) is 0 Å². The summed E-state index contributed by atoms with van der Waals surface area (Å²) >= 11 is 1.72. The van der Waals surface area contributed by atoms with Crippen molar-refractivity contribution >= 4 is 17.3 Å². The molecule has 0 amide bonds. The summed E-state index contributed by atoms with van der Waals surface area (Å²) < 4.78 is 7.66. The molecule has 0 unspecified atom stereocenters. The fourth-order valence-corrected chi connectivity index (χ4v) is 3.61. The van der Waals surface area contributed by atoms with Crippen LogP contribution in [0.5, 0.6) is 0 Å². The predicted molar refractivity (Wildman–Crippen MR) is 100.0 cm³/mol. The molecule has 0 bridgehead atoms. The van der Waals surface area contributed by atoms with E-state index in [2.05, 4.69) is 41.3 Å². The van der Waals surface area contributed by atoms with Crippen molar-refractivity contribution in [2.24, 2.45) is 0 Å². The van der Waals surface area contributed by atoms with Crippen molar-refractivity contribution in [2.75, 3.05) is 6.61 Å². The number of carbonyl (C=O) groups excluding carboxylic acids is 1. The van der Waals surface area contributed by atoms with Crippen molar-refractivity contribution in [1.29, 1.82) is 0 Å². The van der Waals surface area contributed by atoms with Gasteiger partial charge in [0.05, 0.1) is 17.0 Å². The van der Waals surface area contributed by atoms with Crippen molar-refractivity contribution in [3.8, 4) is 0 Å². The molecule has 3 nitrogen and oxygen atoms in total. The van der Waals surface area contributed by atoms with Crippen molar-refractivity contribution in [3.63, 3.8) is 0 Å². The van der Waals surface area contributed by atoms with E-state index in [4.69, 9.17) is 4.74 Å². The monoisotopic (exact) mass is 352 g/mol. The van der Waals surface area contributed by atoms with Crippen molar-refractivity contribution in [2.45, 2.75) is 26.8 Å². The molecule has 0 atom stereocenters. The third kappa shape index (κ3) is 4.54. The third-order valence-corrected chi connectivity index (χ3v) is 5.35. The number of hydrogen-bond donors (Lipinski definition) is 0. The Bertz CT molecular complexity index is 838. The number of aromatic nitrogens is 1. The smallest absolute Gasteiger partial charge is 0.338 e. The second kappa shape index (κ2) is 8.08. The molecule has 2 aromatic carbocycles. The molecule has 0 radical (unpaired) electrons. The van der Waals surface area contributed by atoms with Crippen LogP contribution in [0.4, 0.5) is 0 Å². The number of nitrogens with zero attached hydrogens (tertiary/aromatic N) is 1. The molecule has 1 aromatic heterocycles. The second-order valence-corrected chi connectivity index (χ2v) is 7.04. The molecule has 3 aromatic rings. The van der Waals surface area contributed by atoms with E-state index in [1.165, 1.54) is 16.1 Å². The lowest BCUT2D eigenvalue weighted by molar-refractivity contribution is -0.689. The molecular formula is C21H22NO2S+. The lowest BCUT2D eigenvalue weighted by atomic mass is 10.1. The molecule has 3 rings (SSSR count). The Labute approximate surface area is 152 Å². The number of ether oxygens (including phenoxy) is 1. The number of aryl methyl sites for hydroxylation is 1. The summed E-state index contributed by atoms with van der Waals surface area (Å²) in [6.07, 6.45) is 0.746. The largest absolute Gasteiger partial charge is 0.462 e. The predicted octanol–water partition coefficient (Wildman–Crippen LogP) is 4.10. The number of hydrogen-bond acceptors (Lipinski definition) is 3. The first kappa shape index (κ1) is 17.4. The third-order valence-electron chi connectivity index (χ3n) is 4.20.